The van der Waals surface area contributed by atoms with Gasteiger partial charge in [-0.25, -0.2) is 14.4 Å². The number of thiophene rings is 1. The van der Waals surface area contributed by atoms with Gasteiger partial charge in [-0.2, -0.15) is 5.10 Å². The van der Waals surface area contributed by atoms with Crippen molar-refractivity contribution >= 4 is 33.2 Å². The minimum atomic E-state index is -0.246. The molecule has 4 aromatic rings. The molecule has 0 saturated heterocycles. The molecule has 0 fully saturated rings. The molecule has 28 heavy (non-hydrogen) atoms. The summed E-state index contributed by atoms with van der Waals surface area (Å²) in [6.07, 6.45) is 0.533. The van der Waals surface area contributed by atoms with E-state index < -0.39 is 0 Å². The van der Waals surface area contributed by atoms with Gasteiger partial charge in [0.1, 0.15) is 11.6 Å². The Hall–Kier alpha value is -2.80. The van der Waals surface area contributed by atoms with E-state index in [1.165, 1.54) is 17.0 Å². The van der Waals surface area contributed by atoms with E-state index in [4.69, 9.17) is 9.97 Å². The number of H-pyrrole nitrogens is 1. The number of aromatic amines is 1. The quantitative estimate of drug-likeness (QED) is 0.479. The van der Waals surface area contributed by atoms with E-state index >= 15 is 0 Å². The summed E-state index contributed by atoms with van der Waals surface area (Å²) in [5.41, 5.74) is 2.88. The largest absolute Gasteiger partial charge is 0.322 e. The second-order valence-electron chi connectivity index (χ2n) is 7.93. The van der Waals surface area contributed by atoms with Gasteiger partial charge in [-0.1, -0.05) is 32.9 Å². The number of halogens is 1. The number of benzene rings is 1. The second kappa shape index (κ2) is 6.98. The number of aromatic nitrogens is 4. The average molecular weight is 396 g/mol. The summed E-state index contributed by atoms with van der Waals surface area (Å²) in [4.78, 5) is 10.8. The monoisotopic (exact) mass is 395 g/mol. The lowest BCUT2D eigenvalue weighted by molar-refractivity contribution is 0.604. The summed E-state index contributed by atoms with van der Waals surface area (Å²) < 4.78 is 14.2. The van der Waals surface area contributed by atoms with Gasteiger partial charge in [0.05, 0.1) is 10.2 Å². The number of hydrogen-bond acceptors (Lipinski definition) is 5. The number of fused-ring (bicyclic) bond motifs is 1. The van der Waals surface area contributed by atoms with Crippen LogP contribution in [0.1, 0.15) is 42.7 Å². The first-order valence-electron chi connectivity index (χ1n) is 9.12. The summed E-state index contributed by atoms with van der Waals surface area (Å²) in [7, 11) is 0. The summed E-state index contributed by atoms with van der Waals surface area (Å²) >= 11 is 1.70. The fraction of sp³-hybridized carbons (Fsp3) is 0.286. The van der Waals surface area contributed by atoms with Crippen LogP contribution in [-0.4, -0.2) is 20.2 Å². The number of aryl methyl sites for hydroxylation is 1. The smallest absolute Gasteiger partial charge is 0.153 e. The molecule has 1 aromatic carbocycles. The van der Waals surface area contributed by atoms with E-state index in [1.54, 1.807) is 23.5 Å². The van der Waals surface area contributed by atoms with Gasteiger partial charge in [-0.05, 0) is 36.1 Å². The highest BCUT2D eigenvalue weighted by Gasteiger charge is 2.20. The molecule has 144 valence electrons. The third kappa shape index (κ3) is 3.89. The lowest BCUT2D eigenvalue weighted by atomic mass is 9.95. The highest BCUT2D eigenvalue weighted by atomic mass is 32.1. The Morgan fingerprint density at radius 2 is 1.86 bits per heavy atom. The summed E-state index contributed by atoms with van der Waals surface area (Å²) in [6, 6.07) is 10.5. The van der Waals surface area contributed by atoms with E-state index in [1.807, 2.05) is 13.0 Å². The first-order chi connectivity index (χ1) is 13.3. The van der Waals surface area contributed by atoms with Crippen LogP contribution in [0.25, 0.3) is 10.2 Å². The zero-order valence-electron chi connectivity index (χ0n) is 16.3. The molecule has 0 aliphatic heterocycles. The van der Waals surface area contributed by atoms with Crippen LogP contribution in [-0.2, 0) is 11.8 Å². The van der Waals surface area contributed by atoms with Crippen LogP contribution in [0.5, 0.6) is 0 Å². The molecule has 0 amide bonds. The molecule has 0 aliphatic carbocycles. The molecule has 0 unspecified atom stereocenters. The molecule has 7 heteroatoms. The molecule has 3 aromatic heterocycles. The zero-order valence-corrected chi connectivity index (χ0v) is 17.1. The van der Waals surface area contributed by atoms with Crippen molar-refractivity contribution in [2.75, 3.05) is 5.32 Å². The normalized spacial score (nSPS) is 11.9. The Balaban J connectivity index is 1.78. The molecule has 4 rings (SSSR count). The topological polar surface area (TPSA) is 66.5 Å². The molecular formula is C21H22FN5S. The summed E-state index contributed by atoms with van der Waals surface area (Å²) in [5, 5.41) is 10.5. The predicted molar refractivity (Wildman–Crippen MR) is 112 cm³/mol. The van der Waals surface area contributed by atoms with Crippen molar-refractivity contribution < 1.29 is 4.39 Å². The molecule has 0 saturated carbocycles. The van der Waals surface area contributed by atoms with Crippen LogP contribution in [0.4, 0.5) is 16.0 Å². The fourth-order valence-electron chi connectivity index (χ4n) is 2.90. The molecule has 0 aliphatic rings. The first-order valence-corrected chi connectivity index (χ1v) is 9.94. The van der Waals surface area contributed by atoms with Crippen LogP contribution in [0.15, 0.2) is 36.4 Å². The number of nitrogens with one attached hydrogen (secondary N) is 2. The molecule has 3 heterocycles. The maximum atomic E-state index is 13.2. The highest BCUT2D eigenvalue weighted by molar-refractivity contribution is 7.19. The van der Waals surface area contributed by atoms with Gasteiger partial charge in [0, 0.05) is 23.1 Å². The Morgan fingerprint density at radius 3 is 2.50 bits per heavy atom. The van der Waals surface area contributed by atoms with E-state index in [0.29, 0.717) is 12.2 Å². The van der Waals surface area contributed by atoms with E-state index in [9.17, 15) is 4.39 Å². The van der Waals surface area contributed by atoms with Crippen molar-refractivity contribution in [1.29, 1.82) is 0 Å². The van der Waals surface area contributed by atoms with Gasteiger partial charge in [-0.3, -0.25) is 5.10 Å². The maximum absolute atomic E-state index is 13.2. The minimum Gasteiger partial charge on any atom is -0.322 e. The number of hydrogen-bond donors (Lipinski definition) is 2. The molecule has 0 bridgehead atoms. The standard InChI is InChI=1S/C21H22FN5S/c1-12-9-18(27-26-12)25-20-19-15(11-16(28-19)21(2,3)4)23-17(24-20)10-13-5-7-14(22)8-6-13/h5-9,11H,10H2,1-4H3,(H2,23,24,25,26,27). The van der Waals surface area contributed by atoms with Gasteiger partial charge in [0.25, 0.3) is 0 Å². The third-order valence-corrected chi connectivity index (χ3v) is 5.94. The van der Waals surface area contributed by atoms with Gasteiger partial charge < -0.3 is 5.32 Å². The van der Waals surface area contributed by atoms with Gasteiger partial charge in [0.2, 0.25) is 0 Å². The second-order valence-corrected chi connectivity index (χ2v) is 8.98. The van der Waals surface area contributed by atoms with E-state index in [-0.39, 0.29) is 11.2 Å². The van der Waals surface area contributed by atoms with Crippen molar-refractivity contribution in [1.82, 2.24) is 20.2 Å². The van der Waals surface area contributed by atoms with E-state index in [0.717, 1.165) is 33.1 Å². The lowest BCUT2D eigenvalue weighted by Gasteiger charge is -2.14. The van der Waals surface area contributed by atoms with Crippen LogP contribution in [0, 0.1) is 12.7 Å². The van der Waals surface area contributed by atoms with Crippen molar-refractivity contribution in [3.63, 3.8) is 0 Å². The Kier molecular flexibility index (Phi) is 4.63. The number of nitrogens with zero attached hydrogens (tertiary/aromatic N) is 3. The predicted octanol–water partition coefficient (Wildman–Crippen LogP) is 5.49. The first kappa shape index (κ1) is 18.6. The van der Waals surface area contributed by atoms with E-state index in [2.05, 4.69) is 42.4 Å². The summed E-state index contributed by atoms with van der Waals surface area (Å²) in [5.74, 6) is 1.90. The van der Waals surface area contributed by atoms with Gasteiger partial charge in [0.15, 0.2) is 11.6 Å². The maximum Gasteiger partial charge on any atom is 0.153 e. The SMILES string of the molecule is Cc1cc(Nc2nc(Cc3ccc(F)cc3)nc3cc(C(C)(C)C)sc23)n[nH]1. The third-order valence-electron chi connectivity index (χ3n) is 4.39. The molecule has 0 atom stereocenters. The Labute approximate surface area is 167 Å². The van der Waals surface area contributed by atoms with Crippen molar-refractivity contribution in [3.05, 3.63) is 64.2 Å². The van der Waals surface area contributed by atoms with Crippen molar-refractivity contribution in [2.45, 2.75) is 39.5 Å². The van der Waals surface area contributed by atoms with Gasteiger partial charge in [-0.15, -0.1) is 11.3 Å². The highest BCUT2D eigenvalue weighted by Crippen LogP contribution is 2.37. The van der Waals surface area contributed by atoms with Crippen molar-refractivity contribution in [3.8, 4) is 0 Å². The number of anilines is 2. The zero-order chi connectivity index (χ0) is 19.9. The average Bonchev–Trinajstić information content (AvgIpc) is 3.23. The fourth-order valence-corrected chi connectivity index (χ4v) is 4.00. The van der Waals surface area contributed by atoms with Crippen LogP contribution >= 0.6 is 11.3 Å². The Bertz CT molecular complexity index is 1120. The Morgan fingerprint density at radius 1 is 1.11 bits per heavy atom. The lowest BCUT2D eigenvalue weighted by Crippen LogP contribution is -2.07. The van der Waals surface area contributed by atoms with Crippen LogP contribution in [0.2, 0.25) is 0 Å². The molecule has 0 spiro atoms. The minimum absolute atomic E-state index is 0.0304. The van der Waals surface area contributed by atoms with Gasteiger partial charge >= 0.3 is 0 Å². The summed E-state index contributed by atoms with van der Waals surface area (Å²) in [6.45, 7) is 8.52. The van der Waals surface area contributed by atoms with Crippen molar-refractivity contribution in [2.24, 2.45) is 0 Å². The molecule has 2 N–H and O–H groups in total. The molecule has 5 nitrogen and oxygen atoms in total. The molecule has 0 radical (unpaired) electrons. The van der Waals surface area contributed by atoms with Crippen LogP contribution in [0.3, 0.4) is 0 Å². The van der Waals surface area contributed by atoms with Crippen LogP contribution < -0.4 is 5.32 Å². The number of rotatable bonds is 4. The molecular weight excluding hydrogens is 373 g/mol.